The van der Waals surface area contributed by atoms with Gasteiger partial charge in [0.2, 0.25) is 5.91 Å². The van der Waals surface area contributed by atoms with Crippen molar-refractivity contribution in [3.8, 4) is 0 Å². The molecule has 2 amide bonds. The maximum absolute atomic E-state index is 12.9. The fourth-order valence-corrected chi connectivity index (χ4v) is 3.53. The summed E-state index contributed by atoms with van der Waals surface area (Å²) in [7, 11) is 0. The molecule has 3 rings (SSSR count). The number of aryl methyl sites for hydroxylation is 2. The number of benzene rings is 2. The summed E-state index contributed by atoms with van der Waals surface area (Å²) in [6.07, 6.45) is 3.10. The first kappa shape index (κ1) is 20.1. The first-order valence-corrected chi connectivity index (χ1v) is 9.91. The molecule has 0 atom stereocenters. The molecule has 0 aliphatic carbocycles. The Labute approximate surface area is 166 Å². The second-order valence-corrected chi connectivity index (χ2v) is 7.38. The number of amides is 2. The molecule has 0 spiro atoms. The van der Waals surface area contributed by atoms with Crippen LogP contribution in [0.4, 0.5) is 4.39 Å². The Morgan fingerprint density at radius 1 is 0.929 bits per heavy atom. The number of carbonyl (C=O) groups excluding carboxylic acids is 2. The van der Waals surface area contributed by atoms with Crippen molar-refractivity contribution in [2.45, 2.75) is 32.6 Å². The highest BCUT2D eigenvalue weighted by atomic mass is 19.1. The van der Waals surface area contributed by atoms with Crippen LogP contribution in [0.2, 0.25) is 0 Å². The lowest BCUT2D eigenvalue weighted by atomic mass is 10.1. The van der Waals surface area contributed by atoms with Crippen molar-refractivity contribution in [2.75, 3.05) is 26.2 Å². The molecular formula is C23H27FN2O2. The van der Waals surface area contributed by atoms with Crippen LogP contribution in [0.3, 0.4) is 0 Å². The Balaban J connectivity index is 1.38. The van der Waals surface area contributed by atoms with Crippen LogP contribution < -0.4 is 0 Å². The molecule has 0 saturated carbocycles. The van der Waals surface area contributed by atoms with Crippen molar-refractivity contribution >= 4 is 11.8 Å². The van der Waals surface area contributed by atoms with E-state index >= 15 is 0 Å². The quantitative estimate of drug-likeness (QED) is 0.713. The van der Waals surface area contributed by atoms with Gasteiger partial charge in [0.05, 0.1) is 0 Å². The van der Waals surface area contributed by atoms with Crippen LogP contribution in [0.25, 0.3) is 0 Å². The van der Waals surface area contributed by atoms with E-state index in [0.29, 0.717) is 38.2 Å². The molecule has 2 aromatic rings. The van der Waals surface area contributed by atoms with Gasteiger partial charge in [0.25, 0.3) is 5.91 Å². The zero-order valence-electron chi connectivity index (χ0n) is 16.4. The highest BCUT2D eigenvalue weighted by molar-refractivity contribution is 5.94. The number of rotatable bonds is 6. The van der Waals surface area contributed by atoms with Gasteiger partial charge in [-0.3, -0.25) is 9.59 Å². The zero-order valence-corrected chi connectivity index (χ0v) is 16.4. The van der Waals surface area contributed by atoms with E-state index in [9.17, 15) is 14.0 Å². The lowest BCUT2D eigenvalue weighted by Gasteiger charge is -2.35. The normalized spacial score (nSPS) is 14.2. The number of carbonyl (C=O) groups is 2. The molecule has 0 aromatic heterocycles. The van der Waals surface area contributed by atoms with Crippen molar-refractivity contribution in [2.24, 2.45) is 0 Å². The van der Waals surface area contributed by atoms with Crippen LogP contribution >= 0.6 is 0 Å². The largest absolute Gasteiger partial charge is 0.339 e. The molecule has 0 unspecified atom stereocenters. The first-order valence-electron chi connectivity index (χ1n) is 9.91. The lowest BCUT2D eigenvalue weighted by Crippen LogP contribution is -2.50. The SMILES string of the molecule is Cc1cccc(C(=O)N2CCN(C(=O)CCCCc3ccc(F)cc3)CC2)c1. The van der Waals surface area contributed by atoms with E-state index in [2.05, 4.69) is 0 Å². The van der Waals surface area contributed by atoms with E-state index in [1.807, 2.05) is 41.0 Å². The van der Waals surface area contributed by atoms with Gasteiger partial charge in [0, 0.05) is 38.2 Å². The van der Waals surface area contributed by atoms with Crippen molar-refractivity contribution in [3.63, 3.8) is 0 Å². The second-order valence-electron chi connectivity index (χ2n) is 7.38. The van der Waals surface area contributed by atoms with Crippen molar-refractivity contribution < 1.29 is 14.0 Å². The number of hydrogen-bond acceptors (Lipinski definition) is 2. The number of unbranched alkanes of at least 4 members (excludes halogenated alkanes) is 1. The van der Waals surface area contributed by atoms with Crippen LogP contribution in [-0.2, 0) is 11.2 Å². The molecule has 0 radical (unpaired) electrons. The summed E-state index contributed by atoms with van der Waals surface area (Å²) in [6, 6.07) is 14.1. The fraction of sp³-hybridized carbons (Fsp3) is 0.391. The van der Waals surface area contributed by atoms with Crippen LogP contribution in [0.1, 0.15) is 40.7 Å². The highest BCUT2D eigenvalue weighted by Crippen LogP contribution is 2.13. The van der Waals surface area contributed by atoms with E-state index in [1.165, 1.54) is 12.1 Å². The van der Waals surface area contributed by atoms with Crippen molar-refractivity contribution in [3.05, 3.63) is 71.0 Å². The maximum atomic E-state index is 12.9. The third-order valence-electron chi connectivity index (χ3n) is 5.20. The van der Waals surface area contributed by atoms with Gasteiger partial charge in [-0.1, -0.05) is 29.8 Å². The topological polar surface area (TPSA) is 40.6 Å². The number of nitrogens with zero attached hydrogens (tertiary/aromatic N) is 2. The molecule has 1 saturated heterocycles. The molecule has 0 N–H and O–H groups in total. The number of halogens is 1. The third-order valence-corrected chi connectivity index (χ3v) is 5.20. The molecular weight excluding hydrogens is 355 g/mol. The molecule has 28 heavy (non-hydrogen) atoms. The average molecular weight is 382 g/mol. The fourth-order valence-electron chi connectivity index (χ4n) is 3.53. The summed E-state index contributed by atoms with van der Waals surface area (Å²) in [5.41, 5.74) is 2.87. The van der Waals surface area contributed by atoms with Gasteiger partial charge >= 0.3 is 0 Å². The summed E-state index contributed by atoms with van der Waals surface area (Å²) in [6.45, 7) is 4.31. The van der Waals surface area contributed by atoms with Crippen LogP contribution in [0.15, 0.2) is 48.5 Å². The molecule has 5 heteroatoms. The van der Waals surface area contributed by atoms with Gasteiger partial charge in [0.1, 0.15) is 5.82 Å². The summed E-state index contributed by atoms with van der Waals surface area (Å²) in [5, 5.41) is 0. The molecule has 1 aliphatic heterocycles. The average Bonchev–Trinajstić information content (AvgIpc) is 2.72. The summed E-state index contributed by atoms with van der Waals surface area (Å²) < 4.78 is 12.9. The minimum Gasteiger partial charge on any atom is -0.339 e. The molecule has 2 aromatic carbocycles. The Morgan fingerprint density at radius 3 is 2.29 bits per heavy atom. The van der Waals surface area contributed by atoms with Crippen molar-refractivity contribution in [1.29, 1.82) is 0 Å². The van der Waals surface area contributed by atoms with Gasteiger partial charge in [0.15, 0.2) is 0 Å². The summed E-state index contributed by atoms with van der Waals surface area (Å²) in [4.78, 5) is 28.7. The van der Waals surface area contributed by atoms with Crippen LogP contribution in [0, 0.1) is 12.7 Å². The Kier molecular flexibility index (Phi) is 6.80. The van der Waals surface area contributed by atoms with Gasteiger partial charge in [-0.15, -0.1) is 0 Å². The third kappa shape index (κ3) is 5.41. The van der Waals surface area contributed by atoms with Crippen LogP contribution in [0.5, 0.6) is 0 Å². The molecule has 4 nitrogen and oxygen atoms in total. The Morgan fingerprint density at radius 2 is 1.61 bits per heavy atom. The second kappa shape index (κ2) is 9.49. The van der Waals surface area contributed by atoms with Gasteiger partial charge in [-0.2, -0.15) is 0 Å². The van der Waals surface area contributed by atoms with E-state index < -0.39 is 0 Å². The monoisotopic (exact) mass is 382 g/mol. The van der Waals surface area contributed by atoms with Gasteiger partial charge < -0.3 is 9.80 Å². The van der Waals surface area contributed by atoms with Crippen LogP contribution in [-0.4, -0.2) is 47.8 Å². The minimum absolute atomic E-state index is 0.0371. The Hall–Kier alpha value is -2.69. The highest BCUT2D eigenvalue weighted by Gasteiger charge is 2.24. The molecule has 1 aliphatic rings. The smallest absolute Gasteiger partial charge is 0.253 e. The Bertz CT molecular complexity index is 812. The van der Waals surface area contributed by atoms with Crippen molar-refractivity contribution in [1.82, 2.24) is 9.80 Å². The maximum Gasteiger partial charge on any atom is 0.253 e. The summed E-state index contributed by atoms with van der Waals surface area (Å²) in [5.74, 6) is -0.0317. The van der Waals surface area contributed by atoms with E-state index in [0.717, 1.165) is 30.4 Å². The number of piperazine rings is 1. The molecule has 1 heterocycles. The van der Waals surface area contributed by atoms with Gasteiger partial charge in [-0.05, 0) is 56.0 Å². The molecule has 1 fully saturated rings. The van der Waals surface area contributed by atoms with Gasteiger partial charge in [-0.25, -0.2) is 4.39 Å². The molecule has 0 bridgehead atoms. The first-order chi connectivity index (χ1) is 13.5. The lowest BCUT2D eigenvalue weighted by molar-refractivity contribution is -0.132. The predicted molar refractivity (Wildman–Crippen MR) is 108 cm³/mol. The molecule has 148 valence electrons. The standard InChI is InChI=1S/C23H27FN2O2/c1-18-5-4-7-20(17-18)23(28)26-15-13-25(14-16-26)22(27)8-3-2-6-19-9-11-21(24)12-10-19/h4-5,7,9-12,17H,2-3,6,8,13-16H2,1H3. The summed E-state index contributed by atoms with van der Waals surface area (Å²) >= 11 is 0. The van der Waals surface area contributed by atoms with E-state index in [1.54, 1.807) is 12.1 Å². The van der Waals surface area contributed by atoms with E-state index in [4.69, 9.17) is 0 Å². The predicted octanol–water partition coefficient (Wildman–Crippen LogP) is 3.83. The number of hydrogen-bond donors (Lipinski definition) is 0. The zero-order chi connectivity index (χ0) is 19.9. The van der Waals surface area contributed by atoms with E-state index in [-0.39, 0.29) is 17.6 Å². The minimum atomic E-state index is -0.223.